The van der Waals surface area contributed by atoms with Crippen LogP contribution >= 0.6 is 0 Å². The molecule has 4 nitrogen and oxygen atoms in total. The van der Waals surface area contributed by atoms with Crippen LogP contribution in [-0.4, -0.2) is 27.2 Å². The minimum atomic E-state index is -0.844. The van der Waals surface area contributed by atoms with Crippen LogP contribution < -0.4 is 5.32 Å². The number of nitrogens with zero attached hydrogens (tertiary/aromatic N) is 2. The van der Waals surface area contributed by atoms with Crippen molar-refractivity contribution in [2.45, 2.75) is 13.0 Å². The van der Waals surface area contributed by atoms with E-state index in [1.807, 2.05) is 6.92 Å². The summed E-state index contributed by atoms with van der Waals surface area (Å²) in [7, 11) is -0.844. The number of hydrogen-bond acceptors (Lipinski definition) is 4. The molecule has 5 heteroatoms. The molecule has 0 spiro atoms. The second kappa shape index (κ2) is 5.47. The summed E-state index contributed by atoms with van der Waals surface area (Å²) in [5.74, 6) is 0.555. The number of aromatic nitrogens is 1. The van der Waals surface area contributed by atoms with Gasteiger partial charge in [-0.3, -0.25) is 9.19 Å². The molecule has 0 amide bonds. The fraction of sp³-hybridized carbons (Fsp3) is 0.400. The van der Waals surface area contributed by atoms with Crippen molar-refractivity contribution in [2.75, 3.05) is 17.3 Å². The Morgan fingerprint density at radius 1 is 1.73 bits per heavy atom. The zero-order valence-corrected chi connectivity index (χ0v) is 9.54. The molecule has 0 aliphatic carbocycles. The highest BCUT2D eigenvalue weighted by Crippen LogP contribution is 2.13. The zero-order valence-electron chi connectivity index (χ0n) is 8.73. The molecule has 0 saturated heterocycles. The first-order chi connectivity index (χ1) is 7.13. The molecule has 0 bridgehead atoms. The van der Waals surface area contributed by atoms with Crippen LogP contribution in [0.2, 0.25) is 0 Å². The molecule has 1 aromatic rings. The summed E-state index contributed by atoms with van der Waals surface area (Å²) < 4.78 is 11.0. The summed E-state index contributed by atoms with van der Waals surface area (Å²) in [5.41, 5.74) is 1.25. The predicted molar refractivity (Wildman–Crippen MR) is 61.0 cm³/mol. The molecular weight excluding hydrogens is 210 g/mol. The van der Waals surface area contributed by atoms with E-state index >= 15 is 0 Å². The van der Waals surface area contributed by atoms with Gasteiger partial charge in [0.2, 0.25) is 0 Å². The van der Waals surface area contributed by atoms with Crippen LogP contribution in [0.15, 0.2) is 18.5 Å². The average Bonchev–Trinajstić information content (AvgIpc) is 2.17. The first-order valence-corrected chi connectivity index (χ1v) is 6.27. The number of rotatable bonds is 4. The topological polar surface area (TPSA) is 65.8 Å². The third-order valence-electron chi connectivity index (χ3n) is 1.83. The Balaban J connectivity index is 2.72. The molecule has 2 atom stereocenters. The van der Waals surface area contributed by atoms with E-state index in [1.54, 1.807) is 24.7 Å². The van der Waals surface area contributed by atoms with E-state index in [0.29, 0.717) is 17.0 Å². The zero-order chi connectivity index (χ0) is 11.3. The lowest BCUT2D eigenvalue weighted by atomic mass is 10.2. The maximum atomic E-state index is 11.0. The van der Waals surface area contributed by atoms with Crippen molar-refractivity contribution in [1.82, 2.24) is 4.98 Å². The van der Waals surface area contributed by atoms with Crippen molar-refractivity contribution in [1.29, 1.82) is 5.26 Å². The van der Waals surface area contributed by atoms with E-state index in [1.165, 1.54) is 0 Å². The molecule has 1 N–H and O–H groups in total. The molecule has 15 heavy (non-hydrogen) atoms. The van der Waals surface area contributed by atoms with Gasteiger partial charge < -0.3 is 5.32 Å². The van der Waals surface area contributed by atoms with Crippen LogP contribution in [0.1, 0.15) is 12.5 Å². The molecule has 80 valence electrons. The van der Waals surface area contributed by atoms with Crippen molar-refractivity contribution in [3.05, 3.63) is 24.0 Å². The SMILES string of the molecule is CC(CS(C)=O)Nc1cnccc1C#N. The van der Waals surface area contributed by atoms with E-state index in [4.69, 9.17) is 5.26 Å². The number of pyridine rings is 1. The van der Waals surface area contributed by atoms with Gasteiger partial charge in [0.15, 0.2) is 0 Å². The van der Waals surface area contributed by atoms with Gasteiger partial charge in [0.25, 0.3) is 0 Å². The van der Waals surface area contributed by atoms with Gasteiger partial charge in [-0.1, -0.05) is 0 Å². The van der Waals surface area contributed by atoms with Gasteiger partial charge in [-0.05, 0) is 13.0 Å². The highest BCUT2D eigenvalue weighted by atomic mass is 32.2. The summed E-state index contributed by atoms with van der Waals surface area (Å²) in [6.45, 7) is 1.93. The molecule has 1 aromatic heterocycles. The number of anilines is 1. The van der Waals surface area contributed by atoms with Crippen LogP contribution in [0.4, 0.5) is 5.69 Å². The minimum Gasteiger partial charge on any atom is -0.379 e. The van der Waals surface area contributed by atoms with Crippen LogP contribution in [0.5, 0.6) is 0 Å². The lowest BCUT2D eigenvalue weighted by molar-refractivity contribution is 0.683. The van der Waals surface area contributed by atoms with Gasteiger partial charge in [-0.15, -0.1) is 0 Å². The quantitative estimate of drug-likeness (QED) is 0.831. The van der Waals surface area contributed by atoms with Gasteiger partial charge in [0.05, 0.1) is 17.4 Å². The second-order valence-corrected chi connectivity index (χ2v) is 4.80. The highest BCUT2D eigenvalue weighted by molar-refractivity contribution is 7.84. The third kappa shape index (κ3) is 3.68. The fourth-order valence-electron chi connectivity index (χ4n) is 1.27. The molecule has 0 aliphatic heterocycles. The van der Waals surface area contributed by atoms with Crippen molar-refractivity contribution >= 4 is 16.5 Å². The summed E-state index contributed by atoms with van der Waals surface area (Å²) >= 11 is 0. The first kappa shape index (κ1) is 11.7. The number of hydrogen-bond donors (Lipinski definition) is 1. The first-order valence-electron chi connectivity index (χ1n) is 4.54. The highest BCUT2D eigenvalue weighted by Gasteiger charge is 2.07. The average molecular weight is 223 g/mol. The Morgan fingerprint density at radius 2 is 2.47 bits per heavy atom. The van der Waals surface area contributed by atoms with Crippen molar-refractivity contribution in [3.8, 4) is 6.07 Å². The number of nitrogens with one attached hydrogen (secondary N) is 1. The van der Waals surface area contributed by atoms with Gasteiger partial charge >= 0.3 is 0 Å². The molecule has 0 saturated carbocycles. The number of nitriles is 1. The Morgan fingerprint density at radius 3 is 3.07 bits per heavy atom. The molecule has 2 unspecified atom stereocenters. The lowest BCUT2D eigenvalue weighted by Crippen LogP contribution is -2.22. The molecule has 1 rings (SSSR count). The molecular formula is C10H13N3OS. The van der Waals surface area contributed by atoms with Gasteiger partial charge in [0.1, 0.15) is 6.07 Å². The Labute approximate surface area is 91.8 Å². The smallest absolute Gasteiger partial charge is 0.101 e. The molecule has 1 heterocycles. The van der Waals surface area contributed by atoms with E-state index in [2.05, 4.69) is 16.4 Å². The van der Waals surface area contributed by atoms with Gasteiger partial charge in [0, 0.05) is 35.0 Å². The van der Waals surface area contributed by atoms with E-state index in [9.17, 15) is 4.21 Å². The van der Waals surface area contributed by atoms with Crippen molar-refractivity contribution < 1.29 is 4.21 Å². The molecule has 0 fully saturated rings. The maximum Gasteiger partial charge on any atom is 0.101 e. The monoisotopic (exact) mass is 223 g/mol. The van der Waals surface area contributed by atoms with Gasteiger partial charge in [-0.2, -0.15) is 5.26 Å². The van der Waals surface area contributed by atoms with Crippen molar-refractivity contribution in [2.24, 2.45) is 0 Å². The van der Waals surface area contributed by atoms with Crippen molar-refractivity contribution in [3.63, 3.8) is 0 Å². The minimum absolute atomic E-state index is 0.0622. The maximum absolute atomic E-state index is 11.0. The standard InChI is InChI=1S/C10H13N3OS/c1-8(7-15(2)14)13-10-6-12-4-3-9(10)5-11/h3-4,6,8,13H,7H2,1-2H3. The third-order valence-corrected chi connectivity index (χ3v) is 2.80. The van der Waals surface area contributed by atoms with Gasteiger partial charge in [-0.25, -0.2) is 0 Å². The largest absolute Gasteiger partial charge is 0.379 e. The second-order valence-electron chi connectivity index (χ2n) is 3.32. The van der Waals surface area contributed by atoms with Crippen LogP contribution in [0, 0.1) is 11.3 Å². The summed E-state index contributed by atoms with van der Waals surface area (Å²) in [5, 5.41) is 12.0. The molecule has 0 aromatic carbocycles. The Hall–Kier alpha value is -1.41. The van der Waals surface area contributed by atoms with E-state index in [0.717, 1.165) is 0 Å². The van der Waals surface area contributed by atoms with Crippen LogP contribution in [0.3, 0.4) is 0 Å². The van der Waals surface area contributed by atoms with Crippen LogP contribution in [0.25, 0.3) is 0 Å². The summed E-state index contributed by atoms with van der Waals surface area (Å²) in [4.78, 5) is 3.94. The summed E-state index contributed by atoms with van der Waals surface area (Å²) in [6.07, 6.45) is 4.84. The fourth-order valence-corrected chi connectivity index (χ4v) is 2.05. The molecule has 0 aliphatic rings. The normalized spacial score (nSPS) is 13.9. The van der Waals surface area contributed by atoms with E-state index < -0.39 is 10.8 Å². The van der Waals surface area contributed by atoms with E-state index in [-0.39, 0.29) is 6.04 Å². The Bertz CT molecular complexity index is 400. The van der Waals surface area contributed by atoms with Crippen LogP contribution in [-0.2, 0) is 10.8 Å². The molecule has 0 radical (unpaired) electrons. The Kier molecular flexibility index (Phi) is 4.25. The lowest BCUT2D eigenvalue weighted by Gasteiger charge is -2.14. The predicted octanol–water partition coefficient (Wildman–Crippen LogP) is 1.13. The summed E-state index contributed by atoms with van der Waals surface area (Å²) in [6, 6.07) is 3.79.